The van der Waals surface area contributed by atoms with Crippen molar-refractivity contribution in [1.82, 2.24) is 0 Å². The Kier molecular flexibility index (Phi) is 3.99. The molecule has 0 radical (unpaired) electrons. The van der Waals surface area contributed by atoms with Gasteiger partial charge in [0.25, 0.3) is 0 Å². The number of rotatable bonds is 3. The molecule has 7 heteroatoms. The highest BCUT2D eigenvalue weighted by molar-refractivity contribution is 9.10. The van der Waals surface area contributed by atoms with Gasteiger partial charge in [0.05, 0.1) is 15.5 Å². The van der Waals surface area contributed by atoms with Gasteiger partial charge in [-0.05, 0) is 46.6 Å². The lowest BCUT2D eigenvalue weighted by Gasteiger charge is -2.09. The fourth-order valence-electron chi connectivity index (χ4n) is 1.54. The number of halogens is 3. The molecule has 0 amide bonds. The molecule has 20 heavy (non-hydrogen) atoms. The van der Waals surface area contributed by atoms with E-state index in [2.05, 4.69) is 15.9 Å². The van der Waals surface area contributed by atoms with E-state index in [0.717, 1.165) is 12.1 Å². The summed E-state index contributed by atoms with van der Waals surface area (Å²) in [5, 5.41) is 10.9. The lowest BCUT2D eigenvalue weighted by molar-refractivity contribution is -0.385. The third-order valence-corrected chi connectivity index (χ3v) is 3.21. The molecule has 2 aromatic carbocycles. The molecule has 0 aromatic heterocycles. The van der Waals surface area contributed by atoms with Crippen LogP contribution >= 0.6 is 15.9 Å². The van der Waals surface area contributed by atoms with Crippen LogP contribution in [0.15, 0.2) is 34.8 Å². The van der Waals surface area contributed by atoms with Gasteiger partial charge in [-0.15, -0.1) is 0 Å². The Morgan fingerprint density at radius 1 is 1.20 bits per heavy atom. The Morgan fingerprint density at radius 2 is 1.90 bits per heavy atom. The average Bonchev–Trinajstić information content (AvgIpc) is 2.37. The van der Waals surface area contributed by atoms with Gasteiger partial charge in [-0.25, -0.2) is 8.78 Å². The quantitative estimate of drug-likeness (QED) is 0.597. The molecule has 0 saturated heterocycles. The van der Waals surface area contributed by atoms with Gasteiger partial charge in [0.2, 0.25) is 5.75 Å². The van der Waals surface area contributed by atoms with Crippen molar-refractivity contribution in [3.63, 3.8) is 0 Å². The first kappa shape index (κ1) is 14.4. The molecule has 0 fully saturated rings. The smallest absolute Gasteiger partial charge is 0.314 e. The topological polar surface area (TPSA) is 52.4 Å². The van der Waals surface area contributed by atoms with Crippen LogP contribution in [0.25, 0.3) is 0 Å². The largest absolute Gasteiger partial charge is 0.449 e. The van der Waals surface area contributed by atoms with Gasteiger partial charge in [-0.1, -0.05) is 0 Å². The van der Waals surface area contributed by atoms with Crippen LogP contribution in [-0.2, 0) is 0 Å². The predicted molar refractivity (Wildman–Crippen MR) is 72.0 cm³/mol. The van der Waals surface area contributed by atoms with Crippen molar-refractivity contribution in [3.8, 4) is 11.5 Å². The highest BCUT2D eigenvalue weighted by Gasteiger charge is 2.20. The second-order valence-electron chi connectivity index (χ2n) is 4.00. The van der Waals surface area contributed by atoms with Crippen LogP contribution in [0.1, 0.15) is 5.56 Å². The average molecular weight is 344 g/mol. The number of nitro groups is 1. The Morgan fingerprint density at radius 3 is 2.55 bits per heavy atom. The molecule has 2 aromatic rings. The van der Waals surface area contributed by atoms with Gasteiger partial charge in [-0.3, -0.25) is 10.1 Å². The lowest BCUT2D eigenvalue weighted by Crippen LogP contribution is -1.97. The molecule has 0 atom stereocenters. The number of benzene rings is 2. The summed E-state index contributed by atoms with van der Waals surface area (Å²) in [6, 6.07) is 5.67. The van der Waals surface area contributed by atoms with Crippen molar-refractivity contribution in [2.75, 3.05) is 0 Å². The zero-order valence-electron chi connectivity index (χ0n) is 10.2. The zero-order chi connectivity index (χ0) is 14.9. The molecule has 0 aliphatic heterocycles. The molecule has 0 spiro atoms. The van der Waals surface area contributed by atoms with Gasteiger partial charge < -0.3 is 4.74 Å². The van der Waals surface area contributed by atoms with Gasteiger partial charge in [0.1, 0.15) is 17.4 Å². The number of ether oxygens (including phenoxy) is 1. The summed E-state index contributed by atoms with van der Waals surface area (Å²) >= 11 is 3.15. The zero-order valence-corrected chi connectivity index (χ0v) is 11.8. The van der Waals surface area contributed by atoms with Gasteiger partial charge in [-0.2, -0.15) is 0 Å². The maximum atomic E-state index is 13.4. The van der Waals surface area contributed by atoms with Crippen LogP contribution < -0.4 is 4.74 Å². The molecule has 4 nitrogen and oxygen atoms in total. The monoisotopic (exact) mass is 343 g/mol. The van der Waals surface area contributed by atoms with Gasteiger partial charge >= 0.3 is 5.69 Å². The van der Waals surface area contributed by atoms with Crippen LogP contribution in [0.5, 0.6) is 11.5 Å². The van der Waals surface area contributed by atoms with E-state index in [1.165, 1.54) is 25.1 Å². The fourth-order valence-corrected chi connectivity index (χ4v) is 1.87. The van der Waals surface area contributed by atoms with Crippen LogP contribution in [0.2, 0.25) is 0 Å². The van der Waals surface area contributed by atoms with Crippen LogP contribution in [0.3, 0.4) is 0 Å². The first-order valence-electron chi connectivity index (χ1n) is 5.46. The first-order valence-corrected chi connectivity index (χ1v) is 6.25. The third kappa shape index (κ3) is 2.93. The van der Waals surface area contributed by atoms with Crippen molar-refractivity contribution in [1.29, 1.82) is 0 Å². The molecule has 104 valence electrons. The van der Waals surface area contributed by atoms with Crippen molar-refractivity contribution in [2.24, 2.45) is 0 Å². The van der Waals surface area contributed by atoms with E-state index in [1.54, 1.807) is 0 Å². The Labute approximate surface area is 121 Å². The van der Waals surface area contributed by atoms with Crippen molar-refractivity contribution < 1.29 is 18.4 Å². The second kappa shape index (κ2) is 5.54. The second-order valence-corrected chi connectivity index (χ2v) is 4.86. The summed E-state index contributed by atoms with van der Waals surface area (Å²) in [4.78, 5) is 10.1. The van der Waals surface area contributed by atoms with Gasteiger partial charge in [0.15, 0.2) is 0 Å². The summed E-state index contributed by atoms with van der Waals surface area (Å²) < 4.78 is 32.3. The fraction of sp³-hybridized carbons (Fsp3) is 0.0769. The molecular formula is C13H8BrF2NO3. The molecule has 0 heterocycles. The molecule has 0 unspecified atom stereocenters. The summed E-state index contributed by atoms with van der Waals surface area (Å²) in [5.41, 5.74) is -0.331. The summed E-state index contributed by atoms with van der Waals surface area (Å²) in [6.45, 7) is 1.45. The Hall–Kier alpha value is -2.02. The molecule has 0 aliphatic carbocycles. The van der Waals surface area contributed by atoms with Gasteiger partial charge in [0, 0.05) is 6.07 Å². The lowest BCUT2D eigenvalue weighted by atomic mass is 10.2. The predicted octanol–water partition coefficient (Wildman–Crippen LogP) is 4.74. The van der Waals surface area contributed by atoms with E-state index in [1.807, 2.05) is 0 Å². The molecular weight excluding hydrogens is 336 g/mol. The number of nitro benzene ring substituents is 1. The van der Waals surface area contributed by atoms with Crippen molar-refractivity contribution >= 4 is 21.6 Å². The molecule has 0 bridgehead atoms. The first-order chi connectivity index (χ1) is 9.38. The highest BCUT2D eigenvalue weighted by atomic mass is 79.9. The van der Waals surface area contributed by atoms with E-state index in [-0.39, 0.29) is 17.1 Å². The number of nitrogens with zero attached hydrogens (tertiary/aromatic N) is 1. The van der Waals surface area contributed by atoms with Crippen molar-refractivity contribution in [2.45, 2.75) is 6.92 Å². The van der Waals surface area contributed by atoms with E-state index in [4.69, 9.17) is 4.74 Å². The van der Waals surface area contributed by atoms with Crippen LogP contribution in [-0.4, -0.2) is 4.92 Å². The van der Waals surface area contributed by atoms with Crippen molar-refractivity contribution in [3.05, 3.63) is 62.1 Å². The number of hydrogen-bond donors (Lipinski definition) is 0. The minimum atomic E-state index is -0.759. The molecule has 2 rings (SSSR count). The highest BCUT2D eigenvalue weighted by Crippen LogP contribution is 2.36. The summed E-state index contributed by atoms with van der Waals surface area (Å²) in [5.74, 6) is -1.34. The van der Waals surface area contributed by atoms with Crippen LogP contribution in [0.4, 0.5) is 14.5 Å². The standard InChI is InChI=1S/C13H8BrF2NO3/c1-7-4-13(11(17(18)19)6-10(7)16)20-12-5-8(15)2-3-9(12)14/h2-6H,1H3. The minimum Gasteiger partial charge on any atom is -0.449 e. The number of hydrogen-bond acceptors (Lipinski definition) is 3. The van der Waals surface area contributed by atoms with E-state index < -0.39 is 22.2 Å². The molecule has 0 saturated carbocycles. The number of aryl methyl sites for hydroxylation is 1. The minimum absolute atomic E-state index is 0.0686. The van der Waals surface area contributed by atoms with E-state index in [9.17, 15) is 18.9 Å². The molecule has 0 aliphatic rings. The summed E-state index contributed by atoms with van der Waals surface area (Å²) in [7, 11) is 0. The maximum absolute atomic E-state index is 13.4. The normalized spacial score (nSPS) is 10.4. The summed E-state index contributed by atoms with van der Waals surface area (Å²) in [6.07, 6.45) is 0. The molecule has 0 N–H and O–H groups in total. The SMILES string of the molecule is Cc1cc(Oc2cc(F)ccc2Br)c([N+](=O)[O-])cc1F. The van der Waals surface area contributed by atoms with Crippen LogP contribution in [0, 0.1) is 28.7 Å². The third-order valence-electron chi connectivity index (χ3n) is 2.55. The Bertz CT molecular complexity index is 692. The maximum Gasteiger partial charge on any atom is 0.314 e. The van der Waals surface area contributed by atoms with E-state index in [0.29, 0.717) is 4.47 Å². The Balaban J connectivity index is 2.50. The van der Waals surface area contributed by atoms with E-state index >= 15 is 0 Å².